The lowest BCUT2D eigenvalue weighted by Crippen LogP contribution is -2.36. The molecule has 1 unspecified atom stereocenters. The first kappa shape index (κ1) is 13.8. The molecule has 1 aromatic carbocycles. The van der Waals surface area contributed by atoms with Crippen molar-refractivity contribution in [3.05, 3.63) is 29.8 Å². The van der Waals surface area contributed by atoms with Crippen LogP contribution in [-0.4, -0.2) is 33.2 Å². The SMILES string of the molecule is NS(=O)(=O)CCNC(=O)C1CCOc2ccccc21. The van der Waals surface area contributed by atoms with Gasteiger partial charge in [0.2, 0.25) is 15.9 Å². The van der Waals surface area contributed by atoms with E-state index in [1.807, 2.05) is 24.3 Å². The minimum atomic E-state index is -3.55. The molecule has 104 valence electrons. The highest BCUT2D eigenvalue weighted by Gasteiger charge is 2.27. The second kappa shape index (κ2) is 5.58. The molecule has 0 aliphatic carbocycles. The third-order valence-electron chi connectivity index (χ3n) is 2.96. The van der Waals surface area contributed by atoms with E-state index in [2.05, 4.69) is 5.32 Å². The zero-order chi connectivity index (χ0) is 13.9. The van der Waals surface area contributed by atoms with Crippen molar-refractivity contribution in [1.29, 1.82) is 0 Å². The molecule has 1 aromatic rings. The van der Waals surface area contributed by atoms with E-state index in [4.69, 9.17) is 9.88 Å². The summed E-state index contributed by atoms with van der Waals surface area (Å²) in [6.45, 7) is 0.501. The molecule has 1 amide bonds. The Morgan fingerprint density at radius 3 is 2.89 bits per heavy atom. The number of sulfonamides is 1. The quantitative estimate of drug-likeness (QED) is 0.810. The average molecular weight is 284 g/mol. The second-order valence-corrected chi connectivity index (χ2v) is 6.12. The number of rotatable bonds is 4. The molecule has 3 N–H and O–H groups in total. The van der Waals surface area contributed by atoms with Crippen LogP contribution in [0.25, 0.3) is 0 Å². The van der Waals surface area contributed by atoms with Gasteiger partial charge in [-0.25, -0.2) is 13.6 Å². The van der Waals surface area contributed by atoms with Gasteiger partial charge >= 0.3 is 0 Å². The number of hydrogen-bond acceptors (Lipinski definition) is 4. The number of amides is 1. The average Bonchev–Trinajstić information content (AvgIpc) is 2.36. The molecule has 19 heavy (non-hydrogen) atoms. The van der Waals surface area contributed by atoms with Crippen LogP contribution in [0.1, 0.15) is 17.9 Å². The minimum absolute atomic E-state index is 0.0250. The molecule has 2 rings (SSSR count). The molecular formula is C12H16N2O4S. The number of ether oxygens (including phenoxy) is 1. The standard InChI is InChI=1S/C12H16N2O4S/c13-19(16,17)8-6-14-12(15)10-5-7-18-11-4-2-1-3-9(10)11/h1-4,10H,5-8H2,(H,14,15)(H2,13,16,17). The van der Waals surface area contributed by atoms with E-state index in [-0.39, 0.29) is 24.1 Å². The molecule has 1 aliphatic rings. The maximum Gasteiger partial charge on any atom is 0.227 e. The summed E-state index contributed by atoms with van der Waals surface area (Å²) in [6.07, 6.45) is 0.582. The zero-order valence-electron chi connectivity index (χ0n) is 10.3. The van der Waals surface area contributed by atoms with Crippen LogP contribution in [0.4, 0.5) is 0 Å². The van der Waals surface area contributed by atoms with Crippen LogP contribution < -0.4 is 15.2 Å². The van der Waals surface area contributed by atoms with Gasteiger partial charge in [0.15, 0.2) is 0 Å². The van der Waals surface area contributed by atoms with Gasteiger partial charge < -0.3 is 10.1 Å². The van der Waals surface area contributed by atoms with Gasteiger partial charge in [-0.1, -0.05) is 18.2 Å². The molecule has 0 spiro atoms. The summed E-state index contributed by atoms with van der Waals surface area (Å²) < 4.78 is 27.1. The van der Waals surface area contributed by atoms with Crippen LogP contribution in [-0.2, 0) is 14.8 Å². The molecule has 0 radical (unpaired) electrons. The summed E-state index contributed by atoms with van der Waals surface area (Å²) >= 11 is 0. The number of nitrogens with one attached hydrogen (secondary N) is 1. The smallest absolute Gasteiger partial charge is 0.227 e. The Morgan fingerprint density at radius 1 is 1.42 bits per heavy atom. The maximum absolute atomic E-state index is 12.0. The second-order valence-electron chi connectivity index (χ2n) is 4.39. The van der Waals surface area contributed by atoms with E-state index >= 15 is 0 Å². The molecule has 0 saturated heterocycles. The monoisotopic (exact) mass is 284 g/mol. The molecule has 0 aromatic heterocycles. The van der Waals surface area contributed by atoms with E-state index in [9.17, 15) is 13.2 Å². The Hall–Kier alpha value is -1.60. The van der Waals surface area contributed by atoms with Gasteiger partial charge in [0, 0.05) is 12.1 Å². The van der Waals surface area contributed by atoms with Gasteiger partial charge in [-0.15, -0.1) is 0 Å². The fourth-order valence-electron chi connectivity index (χ4n) is 2.05. The fourth-order valence-corrected chi connectivity index (χ4v) is 2.44. The van der Waals surface area contributed by atoms with Crippen molar-refractivity contribution in [2.45, 2.75) is 12.3 Å². The third-order valence-corrected chi connectivity index (χ3v) is 3.73. The van der Waals surface area contributed by atoms with Gasteiger partial charge in [-0.3, -0.25) is 4.79 Å². The van der Waals surface area contributed by atoms with Crippen molar-refractivity contribution >= 4 is 15.9 Å². The Labute approximate surface area is 112 Å². The normalized spacial score (nSPS) is 18.3. The zero-order valence-corrected chi connectivity index (χ0v) is 11.2. The number of carbonyl (C=O) groups is 1. The van der Waals surface area contributed by atoms with Crippen LogP contribution in [0.15, 0.2) is 24.3 Å². The summed E-state index contributed by atoms with van der Waals surface area (Å²) in [5, 5.41) is 7.47. The number of benzene rings is 1. The van der Waals surface area contributed by atoms with E-state index in [0.717, 1.165) is 5.56 Å². The van der Waals surface area contributed by atoms with Gasteiger partial charge in [0.05, 0.1) is 18.3 Å². The van der Waals surface area contributed by atoms with Crippen LogP contribution >= 0.6 is 0 Å². The van der Waals surface area contributed by atoms with E-state index in [0.29, 0.717) is 18.8 Å². The lowest BCUT2D eigenvalue weighted by atomic mass is 9.92. The number of carbonyl (C=O) groups excluding carboxylic acids is 1. The van der Waals surface area contributed by atoms with Crippen LogP contribution in [0.5, 0.6) is 5.75 Å². The van der Waals surface area contributed by atoms with Gasteiger partial charge in [0.1, 0.15) is 5.75 Å². The molecule has 1 aliphatic heterocycles. The first-order chi connectivity index (χ1) is 8.97. The fraction of sp³-hybridized carbons (Fsp3) is 0.417. The van der Waals surface area contributed by atoms with Crippen molar-refractivity contribution in [2.75, 3.05) is 18.9 Å². The van der Waals surface area contributed by atoms with Crippen molar-refractivity contribution in [1.82, 2.24) is 5.32 Å². The van der Waals surface area contributed by atoms with Crippen molar-refractivity contribution < 1.29 is 17.9 Å². The summed E-state index contributed by atoms with van der Waals surface area (Å²) in [5.41, 5.74) is 0.835. The summed E-state index contributed by atoms with van der Waals surface area (Å²) in [5.74, 6) is -0.0472. The maximum atomic E-state index is 12.0. The summed E-state index contributed by atoms with van der Waals surface area (Å²) in [6, 6.07) is 7.36. The predicted molar refractivity (Wildman–Crippen MR) is 70.3 cm³/mol. The minimum Gasteiger partial charge on any atom is -0.493 e. The van der Waals surface area contributed by atoms with Gasteiger partial charge in [0.25, 0.3) is 0 Å². The summed E-state index contributed by atoms with van der Waals surface area (Å²) in [7, 11) is -3.55. The predicted octanol–water partition coefficient (Wildman–Crippen LogP) is -0.0426. The molecule has 0 bridgehead atoms. The molecule has 0 fully saturated rings. The molecule has 0 saturated carbocycles. The Bertz CT molecular complexity index is 571. The largest absolute Gasteiger partial charge is 0.493 e. The summed E-state index contributed by atoms with van der Waals surface area (Å²) in [4.78, 5) is 12.0. The van der Waals surface area contributed by atoms with E-state index in [1.165, 1.54) is 0 Å². The Kier molecular flexibility index (Phi) is 4.06. The number of fused-ring (bicyclic) bond motifs is 1. The topological polar surface area (TPSA) is 98.5 Å². The first-order valence-corrected chi connectivity index (χ1v) is 7.69. The molecule has 7 heteroatoms. The van der Waals surface area contributed by atoms with Gasteiger partial charge in [-0.2, -0.15) is 0 Å². The van der Waals surface area contributed by atoms with Crippen LogP contribution in [0.2, 0.25) is 0 Å². The Morgan fingerprint density at radius 2 is 2.16 bits per heavy atom. The van der Waals surface area contributed by atoms with Crippen LogP contribution in [0, 0.1) is 0 Å². The molecular weight excluding hydrogens is 268 g/mol. The molecule has 1 atom stereocenters. The van der Waals surface area contributed by atoms with Crippen LogP contribution in [0.3, 0.4) is 0 Å². The highest BCUT2D eigenvalue weighted by atomic mass is 32.2. The molecule has 1 heterocycles. The third kappa shape index (κ3) is 3.68. The number of para-hydroxylation sites is 1. The number of nitrogens with two attached hydrogens (primary N) is 1. The van der Waals surface area contributed by atoms with E-state index in [1.54, 1.807) is 0 Å². The highest BCUT2D eigenvalue weighted by Crippen LogP contribution is 2.33. The van der Waals surface area contributed by atoms with E-state index < -0.39 is 10.0 Å². The Balaban J connectivity index is 2.01. The van der Waals surface area contributed by atoms with Crippen molar-refractivity contribution in [3.8, 4) is 5.75 Å². The van der Waals surface area contributed by atoms with Crippen molar-refractivity contribution in [2.24, 2.45) is 5.14 Å². The lowest BCUT2D eigenvalue weighted by molar-refractivity contribution is -0.123. The first-order valence-electron chi connectivity index (χ1n) is 5.97. The number of hydrogen-bond donors (Lipinski definition) is 2. The highest BCUT2D eigenvalue weighted by molar-refractivity contribution is 7.89. The molecule has 6 nitrogen and oxygen atoms in total. The van der Waals surface area contributed by atoms with Gasteiger partial charge in [-0.05, 0) is 12.5 Å². The number of primary sulfonamides is 1. The lowest BCUT2D eigenvalue weighted by Gasteiger charge is -2.24. The van der Waals surface area contributed by atoms with Crippen molar-refractivity contribution in [3.63, 3.8) is 0 Å².